The molecule has 0 aromatic rings. The number of nitrogens with two attached hydrogens (primary N) is 4. The first-order chi connectivity index (χ1) is 70.2. The lowest BCUT2D eigenvalue weighted by Crippen LogP contribution is -2.59. The summed E-state index contributed by atoms with van der Waals surface area (Å²) in [5.74, 6) is 3.33. The lowest BCUT2D eigenvalue weighted by atomic mass is 9.99. The number of nitrogens with one attached hydrogen (secondary N) is 10. The molecule has 31 N–H and O–H groups in total. The van der Waals surface area contributed by atoms with E-state index >= 15 is 0 Å². The molecule has 0 spiro atoms. The van der Waals surface area contributed by atoms with Gasteiger partial charge in [-0.15, -0.1) is 0 Å². The fraction of sp³-hybridized carbons (Fsp3) is 0.835. The first-order valence-corrected chi connectivity index (χ1v) is 49.7. The molecule has 15 atom stereocenters. The number of unbranched alkanes of at least 4 members (excludes halogenated alkanes) is 3. The van der Waals surface area contributed by atoms with Crippen molar-refractivity contribution in [2.24, 2.45) is 33.1 Å². The molecule has 145 heavy (non-hydrogen) atoms. The van der Waals surface area contributed by atoms with Gasteiger partial charge in [-0.2, -0.15) is 5.10 Å². The number of hydrazone groups is 1. The van der Waals surface area contributed by atoms with Crippen molar-refractivity contribution in [2.75, 3.05) is 270 Å². The maximum Gasteiger partial charge on any atom is 0.222 e. The van der Waals surface area contributed by atoms with Crippen LogP contribution in [0.15, 0.2) is 45.8 Å². The van der Waals surface area contributed by atoms with Crippen LogP contribution in [-0.4, -0.2) is 488 Å². The third kappa shape index (κ3) is 65.0. The summed E-state index contributed by atoms with van der Waals surface area (Å²) < 4.78 is 99.9. The molecule has 3 aliphatic rings. The molecule has 3 rings (SSSR count). The first-order valence-electron chi connectivity index (χ1n) is 49.7. The Labute approximate surface area is 847 Å². The Kier molecular flexibility index (Phi) is 77.9. The second-order valence-electron chi connectivity index (χ2n) is 33.8. The van der Waals surface area contributed by atoms with E-state index in [9.17, 15) is 99.9 Å². The Morgan fingerprint density at radius 2 is 0.572 bits per heavy atom. The molecule has 3 heterocycles. The van der Waals surface area contributed by atoms with Gasteiger partial charge in [0.25, 0.3) is 0 Å². The Morgan fingerprint density at radius 1 is 0.290 bits per heavy atom. The standard InChI is InChI=1S/C91H170N16O38/c92-65(55-97-27-34-128-37-40-131-43-46-134-49-52-140-88-85(125)82(122)79(119)69(59-109)143-88)11-14-72(112)100-21-6-24-103-75(115)17-31-137-62-91(106-78(118)10-2-1-4-20-96-58-68(107-95)9-3-5-30-108,63-138-32-18-76(116)104-25-7-22-101-73(113)15-12-66(93)56-98-28-35-129-38-41-132-44-47-135-50-53-141-89-86(126)83(123)80(120)70(60-110)144-89)64-139-33-19-77(117)105-26-8-23-102-74(114)16-13-67(94)57-99-29-36-130-39-42-133-45-48-136-51-54-142-90-87(127)84(124)81(121)71(61-111)145-90/h55-58,69-71,79-90,97-99,108-111,119-127H,1-54,59-64,92-95H2,(H,100,112)(H,101,113)(H,102,114)(H,103,115)(H,104,116)(H,105,117)(H,106,118)/b65-55-,66-56-,67-57-,96-58?,107-68?/t69?,70?,71?,79-,80-,81-,82?,83?,84?,85?,86?,87?,88+,89+,90+,91?/m1/s1. The number of carbonyl (C=O) groups excluding carboxylic acids is 7. The Hall–Kier alpha value is -7.79. The molecule has 0 aliphatic carbocycles. The summed E-state index contributed by atoms with van der Waals surface area (Å²) in [6.45, 7) is 5.36. The lowest BCUT2D eigenvalue weighted by Gasteiger charge is -2.39. The van der Waals surface area contributed by atoms with E-state index in [1.807, 2.05) is 0 Å². The molecule has 0 aromatic heterocycles. The maximum absolute atomic E-state index is 14.0. The van der Waals surface area contributed by atoms with Crippen LogP contribution in [0.2, 0.25) is 0 Å². The number of carbonyl (C=O) groups is 7. The fourth-order valence-corrected chi connectivity index (χ4v) is 13.4. The van der Waals surface area contributed by atoms with E-state index in [0.717, 1.165) is 0 Å². The van der Waals surface area contributed by atoms with E-state index in [2.05, 4.69) is 63.3 Å². The molecule has 3 fully saturated rings. The van der Waals surface area contributed by atoms with Crippen LogP contribution in [0.1, 0.15) is 122 Å². The van der Waals surface area contributed by atoms with Crippen LogP contribution in [-0.2, 0) is 119 Å². The Bertz CT molecular complexity index is 3210. The van der Waals surface area contributed by atoms with Gasteiger partial charge in [-0.05, 0) is 70.6 Å². The molecule has 0 radical (unpaired) electrons. The van der Waals surface area contributed by atoms with E-state index in [0.29, 0.717) is 166 Å². The minimum Gasteiger partial charge on any atom is -0.401 e. The normalized spacial score (nSPS) is 22.0. The molecule has 9 unspecified atom stereocenters. The van der Waals surface area contributed by atoms with Crippen molar-refractivity contribution in [3.8, 4) is 0 Å². The van der Waals surface area contributed by atoms with Crippen LogP contribution < -0.4 is 76.2 Å². The summed E-state index contributed by atoms with van der Waals surface area (Å²) in [5, 5.41) is 160. The minimum absolute atomic E-state index is 0.0143. The Balaban J connectivity index is 1.46. The van der Waals surface area contributed by atoms with Crippen LogP contribution in [0.4, 0.5) is 0 Å². The monoisotopic (exact) mass is 2100 g/mol. The highest BCUT2D eigenvalue weighted by molar-refractivity contribution is 6.30. The van der Waals surface area contributed by atoms with E-state index < -0.39 is 123 Å². The number of aliphatic hydroxyl groups excluding tert-OH is 13. The van der Waals surface area contributed by atoms with Gasteiger partial charge in [0.15, 0.2) is 18.9 Å². The molecule has 3 aliphatic heterocycles. The van der Waals surface area contributed by atoms with Crippen molar-refractivity contribution in [3.05, 3.63) is 35.7 Å². The van der Waals surface area contributed by atoms with Gasteiger partial charge in [0, 0.05) is 159 Å². The van der Waals surface area contributed by atoms with Gasteiger partial charge in [0.2, 0.25) is 41.4 Å². The SMILES string of the molecule is NN=C(C=NCCCCCC(=O)NC(COCCC(=O)NCCCNC(=O)CC/C(N)=C/NCCOCCOCCOCCO[C@H]1OC(CO)[C@@H](O)C(O)C1O)(COCCC(=O)NCCCNC(=O)CC/C(N)=C/NCCOCCOCCOCCO[C@H]1OC(CO)[C@@H](O)C(O)C1O)COCCC(=O)NCCCNC(=O)CC/C(N)=C/NCCOCCOCCOCCO[C@H]1OC(CO)[C@@H](O)C(O)C1O)CCCCO. The van der Waals surface area contributed by atoms with Crippen LogP contribution in [0.3, 0.4) is 0 Å². The van der Waals surface area contributed by atoms with Crippen molar-refractivity contribution in [1.82, 2.24) is 53.2 Å². The predicted molar refractivity (Wildman–Crippen MR) is 519 cm³/mol. The van der Waals surface area contributed by atoms with Crippen LogP contribution in [0.5, 0.6) is 0 Å². The average molecular weight is 2100 g/mol. The van der Waals surface area contributed by atoms with Crippen LogP contribution in [0, 0.1) is 0 Å². The molecule has 0 aromatic carbocycles. The topological polar surface area (TPSA) is 798 Å². The number of rotatable bonds is 93. The Morgan fingerprint density at radius 3 is 0.862 bits per heavy atom. The van der Waals surface area contributed by atoms with Crippen LogP contribution >= 0.6 is 0 Å². The number of nitrogens with zero attached hydrogens (tertiary/aromatic N) is 2. The van der Waals surface area contributed by atoms with Crippen molar-refractivity contribution < 1.29 is 185 Å². The summed E-state index contributed by atoms with van der Waals surface area (Å²) in [4.78, 5) is 96.0. The quantitative estimate of drug-likeness (QED) is 0.0116. The third-order valence-corrected chi connectivity index (χ3v) is 21.7. The van der Waals surface area contributed by atoms with Gasteiger partial charge >= 0.3 is 0 Å². The number of allylic oxidation sites excluding steroid dienone is 3. The summed E-state index contributed by atoms with van der Waals surface area (Å²) in [6.07, 6.45) is -8.43. The number of hydrogen-bond acceptors (Lipinski definition) is 47. The van der Waals surface area contributed by atoms with Crippen molar-refractivity contribution in [1.29, 1.82) is 0 Å². The van der Waals surface area contributed by atoms with E-state index in [1.165, 1.54) is 0 Å². The zero-order valence-corrected chi connectivity index (χ0v) is 83.6. The molecule has 7 amide bonds. The highest BCUT2D eigenvalue weighted by Crippen LogP contribution is 2.25. The molecular formula is C91H170N16O38. The van der Waals surface area contributed by atoms with Crippen molar-refractivity contribution in [2.45, 2.75) is 220 Å². The number of amides is 7. The van der Waals surface area contributed by atoms with E-state index in [-0.39, 0.29) is 264 Å². The molecule has 0 bridgehead atoms. The zero-order valence-electron chi connectivity index (χ0n) is 83.6. The smallest absolute Gasteiger partial charge is 0.222 e. The maximum atomic E-state index is 14.0. The van der Waals surface area contributed by atoms with Gasteiger partial charge in [-0.1, -0.05) is 6.42 Å². The number of aliphatic hydroxyl groups is 13. The second-order valence-corrected chi connectivity index (χ2v) is 33.8. The summed E-state index contributed by atoms with van der Waals surface area (Å²) in [5.41, 5.74) is 18.9. The number of ether oxygens (including phenoxy) is 18. The van der Waals surface area contributed by atoms with E-state index in [4.69, 9.17) is 108 Å². The molecule has 54 heteroatoms. The molecule has 54 nitrogen and oxygen atoms in total. The average Bonchev–Trinajstić information content (AvgIpc) is 0.827. The molecule has 0 saturated carbocycles. The summed E-state index contributed by atoms with van der Waals surface area (Å²) >= 11 is 0. The lowest BCUT2D eigenvalue weighted by molar-refractivity contribution is -0.302. The van der Waals surface area contributed by atoms with Gasteiger partial charge in [-0.25, -0.2) is 0 Å². The van der Waals surface area contributed by atoms with Gasteiger partial charge in [0.05, 0.1) is 204 Å². The fourth-order valence-electron chi connectivity index (χ4n) is 13.4. The molecule has 842 valence electrons. The molecule has 3 saturated heterocycles. The molecular weight excluding hydrogens is 1930 g/mol. The van der Waals surface area contributed by atoms with Crippen molar-refractivity contribution >= 4 is 53.3 Å². The van der Waals surface area contributed by atoms with Gasteiger partial charge in [0.1, 0.15) is 78.8 Å². The largest absolute Gasteiger partial charge is 0.401 e. The van der Waals surface area contributed by atoms with Crippen LogP contribution in [0.25, 0.3) is 0 Å². The van der Waals surface area contributed by atoms with E-state index in [1.54, 1.807) is 24.8 Å². The minimum atomic E-state index is -1.54. The van der Waals surface area contributed by atoms with Crippen molar-refractivity contribution in [3.63, 3.8) is 0 Å². The second kappa shape index (κ2) is 86.0. The number of hydrogen-bond donors (Lipinski definition) is 27. The zero-order chi connectivity index (χ0) is 106. The predicted octanol–water partition coefficient (Wildman–Crippen LogP) is -9.85. The summed E-state index contributed by atoms with van der Waals surface area (Å²) in [6, 6.07) is 0. The summed E-state index contributed by atoms with van der Waals surface area (Å²) in [7, 11) is 0. The number of aliphatic imine (C=N–C) groups is 1. The third-order valence-electron chi connectivity index (χ3n) is 21.7. The van der Waals surface area contributed by atoms with Gasteiger partial charge < -0.3 is 228 Å². The van der Waals surface area contributed by atoms with Gasteiger partial charge in [-0.3, -0.25) is 38.6 Å². The highest BCUT2D eigenvalue weighted by Gasteiger charge is 2.47. The first kappa shape index (κ1) is 131. The highest BCUT2D eigenvalue weighted by atomic mass is 16.7.